The van der Waals surface area contributed by atoms with Gasteiger partial charge in [-0.2, -0.15) is 0 Å². The van der Waals surface area contributed by atoms with Gasteiger partial charge in [-0.3, -0.25) is 14.4 Å². The van der Waals surface area contributed by atoms with Gasteiger partial charge in [-0.15, -0.1) is 0 Å². The van der Waals surface area contributed by atoms with E-state index in [2.05, 4.69) is 4.90 Å². The summed E-state index contributed by atoms with van der Waals surface area (Å²) in [6.07, 6.45) is 1.06. The van der Waals surface area contributed by atoms with Crippen molar-refractivity contribution < 1.29 is 23.2 Å². The zero-order chi connectivity index (χ0) is 23.5. The Hall–Kier alpha value is -3.29. The average Bonchev–Trinajstić information content (AvgIpc) is 2.83. The molecule has 2 aliphatic rings. The number of benzene rings is 2. The van der Waals surface area contributed by atoms with Crippen molar-refractivity contribution in [2.24, 2.45) is 5.92 Å². The first-order chi connectivity index (χ1) is 15.8. The minimum Gasteiger partial charge on any atom is -0.368 e. The van der Waals surface area contributed by atoms with Crippen molar-refractivity contribution in [3.05, 3.63) is 65.2 Å². The van der Waals surface area contributed by atoms with E-state index in [0.29, 0.717) is 63.7 Å². The van der Waals surface area contributed by atoms with Crippen molar-refractivity contribution >= 4 is 23.3 Å². The third kappa shape index (κ3) is 5.05. The highest BCUT2D eigenvalue weighted by Crippen LogP contribution is 2.24. The monoisotopic (exact) mass is 455 g/mol. The summed E-state index contributed by atoms with van der Waals surface area (Å²) in [7, 11) is 0. The molecule has 33 heavy (non-hydrogen) atoms. The first-order valence-electron chi connectivity index (χ1n) is 11.2. The largest absolute Gasteiger partial charge is 0.368 e. The van der Waals surface area contributed by atoms with Gasteiger partial charge in [0.2, 0.25) is 5.91 Å². The molecule has 2 aliphatic heterocycles. The van der Waals surface area contributed by atoms with Crippen LogP contribution in [0.4, 0.5) is 14.5 Å². The number of amides is 2. The molecule has 0 spiro atoms. The van der Waals surface area contributed by atoms with Crippen LogP contribution in [-0.4, -0.2) is 66.7 Å². The maximum Gasteiger partial charge on any atom is 0.256 e. The number of piperazine rings is 1. The lowest BCUT2D eigenvalue weighted by molar-refractivity contribution is -0.137. The summed E-state index contributed by atoms with van der Waals surface area (Å²) in [5.41, 5.74) is 1.57. The summed E-state index contributed by atoms with van der Waals surface area (Å²) in [6.45, 7) is 4.95. The number of anilines is 1. The van der Waals surface area contributed by atoms with E-state index in [1.54, 1.807) is 6.92 Å². The van der Waals surface area contributed by atoms with E-state index < -0.39 is 17.5 Å². The standard InChI is InChI=1S/C25H27F2N3O3/c1-17(31)18-2-5-21(6-3-18)28-12-14-30(15-13-28)24(32)19-8-10-29(11-9-19)25(33)22-7-4-20(26)16-23(22)27/h2-7,16,19H,8-15H2,1H3. The molecule has 174 valence electrons. The maximum atomic E-state index is 13.9. The molecule has 0 aliphatic carbocycles. The SMILES string of the molecule is CC(=O)c1ccc(N2CCN(C(=O)C3CCN(C(=O)c4ccc(F)cc4F)CC3)CC2)cc1. The molecule has 2 saturated heterocycles. The number of piperidine rings is 1. The number of carbonyl (C=O) groups excluding carboxylic acids is 3. The van der Waals surface area contributed by atoms with Crippen molar-refractivity contribution in [1.29, 1.82) is 0 Å². The molecule has 0 aromatic heterocycles. The summed E-state index contributed by atoms with van der Waals surface area (Å²) < 4.78 is 27.1. The summed E-state index contributed by atoms with van der Waals surface area (Å²) in [5.74, 6) is -2.08. The van der Waals surface area contributed by atoms with Gasteiger partial charge in [0.05, 0.1) is 5.56 Å². The normalized spacial score (nSPS) is 17.2. The number of halogens is 2. The van der Waals surface area contributed by atoms with Crippen molar-refractivity contribution in [2.75, 3.05) is 44.2 Å². The number of ketones is 1. The zero-order valence-corrected chi connectivity index (χ0v) is 18.6. The van der Waals surface area contributed by atoms with Gasteiger partial charge in [0.25, 0.3) is 5.91 Å². The minimum absolute atomic E-state index is 0.0347. The molecule has 0 unspecified atom stereocenters. The van der Waals surface area contributed by atoms with Gasteiger partial charge in [0.15, 0.2) is 5.78 Å². The number of hydrogen-bond donors (Lipinski definition) is 0. The topological polar surface area (TPSA) is 60.9 Å². The Kier molecular flexibility index (Phi) is 6.72. The Morgan fingerprint density at radius 2 is 1.45 bits per heavy atom. The predicted octanol–water partition coefficient (Wildman–Crippen LogP) is 3.37. The van der Waals surface area contributed by atoms with Crippen molar-refractivity contribution in [3.8, 4) is 0 Å². The lowest BCUT2D eigenvalue weighted by Gasteiger charge is -2.39. The fraction of sp³-hybridized carbons (Fsp3) is 0.400. The molecule has 0 N–H and O–H groups in total. The smallest absolute Gasteiger partial charge is 0.256 e. The Morgan fingerprint density at radius 3 is 2.03 bits per heavy atom. The second kappa shape index (κ2) is 9.68. The highest BCUT2D eigenvalue weighted by molar-refractivity contribution is 5.95. The number of Topliss-reactive ketones (excluding diaryl/α,β-unsaturated/α-hetero) is 1. The number of nitrogens with zero attached hydrogens (tertiary/aromatic N) is 3. The molecular weight excluding hydrogens is 428 g/mol. The van der Waals surface area contributed by atoms with Gasteiger partial charge in [-0.25, -0.2) is 8.78 Å². The highest BCUT2D eigenvalue weighted by Gasteiger charge is 2.32. The molecule has 6 nitrogen and oxygen atoms in total. The van der Waals surface area contributed by atoms with Crippen molar-refractivity contribution in [1.82, 2.24) is 9.80 Å². The lowest BCUT2D eigenvalue weighted by atomic mass is 9.94. The average molecular weight is 456 g/mol. The number of rotatable bonds is 4. The van der Waals surface area contributed by atoms with E-state index in [0.717, 1.165) is 17.8 Å². The minimum atomic E-state index is -0.869. The molecule has 2 aromatic rings. The molecule has 8 heteroatoms. The first kappa shape index (κ1) is 22.9. The van der Waals surface area contributed by atoms with Gasteiger partial charge in [0.1, 0.15) is 11.6 Å². The van der Waals surface area contributed by atoms with Crippen LogP contribution in [-0.2, 0) is 4.79 Å². The summed E-state index contributed by atoms with van der Waals surface area (Å²) >= 11 is 0. The summed E-state index contributed by atoms with van der Waals surface area (Å²) in [6, 6.07) is 10.5. The van der Waals surface area contributed by atoms with Crippen LogP contribution >= 0.6 is 0 Å². The quantitative estimate of drug-likeness (QED) is 0.664. The van der Waals surface area contributed by atoms with E-state index in [9.17, 15) is 23.2 Å². The highest BCUT2D eigenvalue weighted by atomic mass is 19.1. The van der Waals surface area contributed by atoms with Crippen LogP contribution in [0.5, 0.6) is 0 Å². The van der Waals surface area contributed by atoms with Crippen molar-refractivity contribution in [2.45, 2.75) is 19.8 Å². The summed E-state index contributed by atoms with van der Waals surface area (Å²) in [5, 5.41) is 0. The molecule has 4 rings (SSSR count). The van der Waals surface area contributed by atoms with Crippen LogP contribution in [0.3, 0.4) is 0 Å². The van der Waals surface area contributed by atoms with Gasteiger partial charge in [0, 0.05) is 62.5 Å². The number of hydrogen-bond acceptors (Lipinski definition) is 4. The molecule has 0 radical (unpaired) electrons. The predicted molar refractivity (Wildman–Crippen MR) is 120 cm³/mol. The van der Waals surface area contributed by atoms with Crippen molar-refractivity contribution in [3.63, 3.8) is 0 Å². The number of likely N-dealkylation sites (tertiary alicyclic amines) is 1. The Balaban J connectivity index is 1.28. The molecular formula is C25H27F2N3O3. The van der Waals surface area contributed by atoms with Crippen LogP contribution in [0, 0.1) is 17.6 Å². The Bertz CT molecular complexity index is 1040. The molecule has 2 heterocycles. The fourth-order valence-electron chi connectivity index (χ4n) is 4.51. The fourth-order valence-corrected chi connectivity index (χ4v) is 4.51. The van der Waals surface area contributed by atoms with Gasteiger partial charge >= 0.3 is 0 Å². The van der Waals surface area contributed by atoms with Gasteiger partial charge in [-0.1, -0.05) is 0 Å². The van der Waals surface area contributed by atoms with E-state index >= 15 is 0 Å². The molecule has 2 fully saturated rings. The summed E-state index contributed by atoms with van der Waals surface area (Å²) in [4.78, 5) is 42.7. The molecule has 0 saturated carbocycles. The second-order valence-electron chi connectivity index (χ2n) is 8.61. The van der Waals surface area contributed by atoms with Crippen LogP contribution < -0.4 is 4.90 Å². The maximum absolute atomic E-state index is 13.9. The van der Waals surface area contributed by atoms with E-state index in [-0.39, 0.29) is 23.2 Å². The van der Waals surface area contributed by atoms with Gasteiger partial charge in [-0.05, 0) is 56.2 Å². The zero-order valence-electron chi connectivity index (χ0n) is 18.6. The third-order valence-electron chi connectivity index (χ3n) is 6.52. The van der Waals surface area contributed by atoms with Crippen LogP contribution in [0.1, 0.15) is 40.5 Å². The third-order valence-corrected chi connectivity index (χ3v) is 6.52. The molecule has 0 atom stereocenters. The van der Waals surface area contributed by atoms with Crippen LogP contribution in [0.25, 0.3) is 0 Å². The Morgan fingerprint density at radius 1 is 0.818 bits per heavy atom. The molecule has 2 aromatic carbocycles. The first-order valence-corrected chi connectivity index (χ1v) is 11.2. The molecule has 2 amide bonds. The van der Waals surface area contributed by atoms with E-state index in [1.165, 1.54) is 4.90 Å². The van der Waals surface area contributed by atoms with E-state index in [4.69, 9.17) is 0 Å². The van der Waals surface area contributed by atoms with Gasteiger partial charge < -0.3 is 14.7 Å². The lowest BCUT2D eigenvalue weighted by Crippen LogP contribution is -2.52. The molecule has 0 bridgehead atoms. The Labute approximate surface area is 191 Å². The van der Waals surface area contributed by atoms with Crippen LogP contribution in [0.15, 0.2) is 42.5 Å². The van der Waals surface area contributed by atoms with E-state index in [1.807, 2.05) is 29.2 Å². The second-order valence-corrected chi connectivity index (χ2v) is 8.61. The number of carbonyl (C=O) groups is 3. The van der Waals surface area contributed by atoms with Crippen LogP contribution in [0.2, 0.25) is 0 Å².